The first kappa shape index (κ1) is 19.1. The summed E-state index contributed by atoms with van der Waals surface area (Å²) >= 11 is 0. The molecular weight excluding hydrogens is 288 g/mol. The zero-order chi connectivity index (χ0) is 16.3. The quantitative estimate of drug-likeness (QED) is 0.413. The van der Waals surface area contributed by atoms with Crippen LogP contribution in [0.25, 0.3) is 0 Å². The number of hydrogen-bond donors (Lipinski definition) is 0. The molecule has 1 rings (SSSR count). The lowest BCUT2D eigenvalue weighted by Gasteiger charge is -2.32. The molecule has 126 valence electrons. The number of rotatable bonds is 12. The maximum atomic E-state index is 6.69. The van der Waals surface area contributed by atoms with Gasteiger partial charge >= 0.3 is 0 Å². The number of unbranched alkanes of at least 4 members (excludes halogenated alkanes) is 3. The normalized spacial score (nSPS) is 11.5. The van der Waals surface area contributed by atoms with Crippen LogP contribution in [-0.2, 0) is 0 Å². The summed E-state index contributed by atoms with van der Waals surface area (Å²) in [5.74, 6) is 1.94. The van der Waals surface area contributed by atoms with Crippen molar-refractivity contribution in [2.75, 3.05) is 7.11 Å². The molecule has 0 saturated heterocycles. The number of benzene rings is 1. The summed E-state index contributed by atoms with van der Waals surface area (Å²) in [6, 6.07) is 12.1. The molecule has 0 fully saturated rings. The van der Waals surface area contributed by atoms with E-state index < -0.39 is 8.32 Å². The van der Waals surface area contributed by atoms with Crippen LogP contribution < -0.4 is 9.16 Å². The van der Waals surface area contributed by atoms with E-state index in [2.05, 4.69) is 32.9 Å². The third-order valence-corrected chi connectivity index (χ3v) is 8.81. The van der Waals surface area contributed by atoms with Crippen molar-refractivity contribution in [3.05, 3.63) is 24.3 Å². The molecule has 0 aromatic heterocycles. The third-order valence-electron chi connectivity index (χ3n) is 4.35. The van der Waals surface area contributed by atoms with Crippen LogP contribution in [0.1, 0.15) is 59.3 Å². The first-order valence-electron chi connectivity index (χ1n) is 9.02. The van der Waals surface area contributed by atoms with Gasteiger partial charge in [-0.25, -0.2) is 0 Å². The first-order valence-corrected chi connectivity index (χ1v) is 11.6. The molecule has 22 heavy (non-hydrogen) atoms. The molecule has 0 aliphatic heterocycles. The summed E-state index contributed by atoms with van der Waals surface area (Å²) in [7, 11) is 0.0393. The third kappa shape index (κ3) is 6.43. The van der Waals surface area contributed by atoms with E-state index in [9.17, 15) is 0 Å². The summed E-state index contributed by atoms with van der Waals surface area (Å²) in [4.78, 5) is 0. The molecule has 0 saturated carbocycles. The van der Waals surface area contributed by atoms with Gasteiger partial charge in [-0.15, -0.1) is 0 Å². The van der Waals surface area contributed by atoms with E-state index >= 15 is 0 Å². The van der Waals surface area contributed by atoms with E-state index in [-0.39, 0.29) is 0 Å². The van der Waals surface area contributed by atoms with E-state index in [1.54, 1.807) is 7.11 Å². The minimum absolute atomic E-state index is 0.898. The van der Waals surface area contributed by atoms with E-state index in [1.807, 2.05) is 12.1 Å². The predicted octanol–water partition coefficient (Wildman–Crippen LogP) is 6.42. The maximum Gasteiger partial charge on any atom is 0.251 e. The Bertz CT molecular complexity index is 367. The van der Waals surface area contributed by atoms with Gasteiger partial charge in [0.15, 0.2) is 0 Å². The molecule has 0 aliphatic rings. The lowest BCUT2D eigenvalue weighted by atomic mass is 10.3. The van der Waals surface area contributed by atoms with E-state index in [0.717, 1.165) is 11.5 Å². The maximum absolute atomic E-state index is 6.69. The minimum atomic E-state index is -1.67. The summed E-state index contributed by atoms with van der Waals surface area (Å²) < 4.78 is 11.9. The molecule has 0 radical (unpaired) electrons. The number of ether oxygens (including phenoxy) is 1. The van der Waals surface area contributed by atoms with Gasteiger partial charge in [0.25, 0.3) is 8.32 Å². The molecule has 0 bridgehead atoms. The SMILES string of the molecule is CCCC[Si](CCCC)(CCCC)Oc1ccc(OC)cc1. The van der Waals surface area contributed by atoms with Crippen molar-refractivity contribution >= 4 is 8.32 Å². The monoisotopic (exact) mass is 322 g/mol. The van der Waals surface area contributed by atoms with Crippen LogP contribution in [0.3, 0.4) is 0 Å². The van der Waals surface area contributed by atoms with E-state index in [1.165, 1.54) is 56.7 Å². The van der Waals surface area contributed by atoms with Crippen molar-refractivity contribution in [1.29, 1.82) is 0 Å². The smallest absolute Gasteiger partial charge is 0.251 e. The molecule has 0 aliphatic carbocycles. The average Bonchev–Trinajstić information content (AvgIpc) is 2.56. The summed E-state index contributed by atoms with van der Waals surface area (Å²) in [5.41, 5.74) is 0. The number of hydrogen-bond acceptors (Lipinski definition) is 2. The molecule has 0 unspecified atom stereocenters. The fourth-order valence-electron chi connectivity index (χ4n) is 2.92. The lowest BCUT2D eigenvalue weighted by molar-refractivity contribution is 0.413. The fourth-order valence-corrected chi connectivity index (χ4v) is 7.60. The standard InChI is InChI=1S/C19H34O2Si/c1-5-8-15-22(16-9-6-2,17-10-7-3)21-19-13-11-18(20-4)12-14-19/h11-14H,5-10,15-17H2,1-4H3. The second-order valence-corrected chi connectivity index (χ2v) is 10.3. The Hall–Kier alpha value is -0.963. The lowest BCUT2D eigenvalue weighted by Crippen LogP contribution is -2.41. The van der Waals surface area contributed by atoms with Crippen LogP contribution in [0.15, 0.2) is 24.3 Å². The van der Waals surface area contributed by atoms with Gasteiger partial charge in [0, 0.05) is 0 Å². The van der Waals surface area contributed by atoms with Crippen molar-refractivity contribution < 1.29 is 9.16 Å². The van der Waals surface area contributed by atoms with Crippen LogP contribution in [0.2, 0.25) is 18.1 Å². The average molecular weight is 323 g/mol. The molecule has 2 nitrogen and oxygen atoms in total. The van der Waals surface area contributed by atoms with Gasteiger partial charge in [-0.2, -0.15) is 0 Å². The predicted molar refractivity (Wildman–Crippen MR) is 98.5 cm³/mol. The largest absolute Gasteiger partial charge is 0.543 e. The van der Waals surface area contributed by atoms with Crippen molar-refractivity contribution in [2.45, 2.75) is 77.4 Å². The van der Waals surface area contributed by atoms with Crippen LogP contribution in [0.5, 0.6) is 11.5 Å². The second-order valence-electron chi connectivity index (χ2n) is 6.27. The summed E-state index contributed by atoms with van der Waals surface area (Å²) in [6.45, 7) is 6.85. The zero-order valence-corrected chi connectivity index (χ0v) is 16.0. The van der Waals surface area contributed by atoms with Crippen LogP contribution in [0.4, 0.5) is 0 Å². The van der Waals surface area contributed by atoms with Gasteiger partial charge in [-0.1, -0.05) is 59.3 Å². The van der Waals surface area contributed by atoms with E-state index in [4.69, 9.17) is 9.16 Å². The van der Waals surface area contributed by atoms with Crippen LogP contribution in [0, 0.1) is 0 Å². The molecule has 3 heteroatoms. The van der Waals surface area contributed by atoms with Crippen molar-refractivity contribution in [3.63, 3.8) is 0 Å². The van der Waals surface area contributed by atoms with Gasteiger partial charge in [0.2, 0.25) is 0 Å². The van der Waals surface area contributed by atoms with Gasteiger partial charge in [-0.05, 0) is 42.4 Å². The summed E-state index contributed by atoms with van der Waals surface area (Å²) in [6.07, 6.45) is 7.69. The first-order chi connectivity index (χ1) is 10.7. The molecule has 0 amide bonds. The van der Waals surface area contributed by atoms with Gasteiger partial charge in [0.1, 0.15) is 11.5 Å². The topological polar surface area (TPSA) is 18.5 Å². The molecule has 0 heterocycles. The highest BCUT2D eigenvalue weighted by atomic mass is 28.4. The Morgan fingerprint density at radius 3 is 1.50 bits per heavy atom. The van der Waals surface area contributed by atoms with Gasteiger partial charge in [-0.3, -0.25) is 0 Å². The van der Waals surface area contributed by atoms with Gasteiger partial charge < -0.3 is 9.16 Å². The Kier molecular flexibility index (Phi) is 9.29. The van der Waals surface area contributed by atoms with Crippen molar-refractivity contribution in [1.82, 2.24) is 0 Å². The Labute approximate surface area is 138 Å². The highest BCUT2D eigenvalue weighted by Crippen LogP contribution is 2.32. The van der Waals surface area contributed by atoms with Crippen LogP contribution >= 0.6 is 0 Å². The van der Waals surface area contributed by atoms with Crippen molar-refractivity contribution in [2.24, 2.45) is 0 Å². The highest BCUT2D eigenvalue weighted by molar-refractivity contribution is 6.74. The Morgan fingerprint density at radius 2 is 1.14 bits per heavy atom. The highest BCUT2D eigenvalue weighted by Gasteiger charge is 2.35. The Balaban J connectivity index is 2.87. The molecular formula is C19H34O2Si. The van der Waals surface area contributed by atoms with Crippen molar-refractivity contribution in [3.8, 4) is 11.5 Å². The van der Waals surface area contributed by atoms with Gasteiger partial charge in [0.05, 0.1) is 7.11 Å². The molecule has 1 aromatic rings. The zero-order valence-electron chi connectivity index (χ0n) is 15.0. The second kappa shape index (κ2) is 10.7. The molecule has 0 spiro atoms. The minimum Gasteiger partial charge on any atom is -0.543 e. The van der Waals surface area contributed by atoms with E-state index in [0.29, 0.717) is 0 Å². The summed E-state index contributed by atoms with van der Waals surface area (Å²) in [5, 5.41) is 0. The molecule has 0 atom stereocenters. The molecule has 1 aromatic carbocycles. The molecule has 0 N–H and O–H groups in total. The fraction of sp³-hybridized carbons (Fsp3) is 0.684. The number of methoxy groups -OCH3 is 1. The van der Waals surface area contributed by atoms with Crippen LogP contribution in [-0.4, -0.2) is 15.4 Å². The Morgan fingerprint density at radius 1 is 0.727 bits per heavy atom.